The number of aromatic amines is 1. The molecule has 2 aromatic rings. The van der Waals surface area contributed by atoms with E-state index in [1.165, 1.54) is 5.56 Å². The van der Waals surface area contributed by atoms with Gasteiger partial charge in [0.1, 0.15) is 11.5 Å². The SMILES string of the molecule is NCCc1ccc(Cc2cc[nH]c2)o1. The lowest BCUT2D eigenvalue weighted by atomic mass is 10.2. The van der Waals surface area contributed by atoms with Gasteiger partial charge in [-0.2, -0.15) is 0 Å². The van der Waals surface area contributed by atoms with Crippen molar-refractivity contribution in [1.29, 1.82) is 0 Å². The number of H-pyrrole nitrogens is 1. The molecule has 0 unspecified atom stereocenters. The highest BCUT2D eigenvalue weighted by Gasteiger charge is 2.02. The van der Waals surface area contributed by atoms with Crippen LogP contribution in [0.1, 0.15) is 17.1 Å². The zero-order valence-corrected chi connectivity index (χ0v) is 7.99. The van der Waals surface area contributed by atoms with E-state index in [0.717, 1.165) is 24.4 Å². The second-order valence-corrected chi connectivity index (χ2v) is 3.30. The van der Waals surface area contributed by atoms with Gasteiger partial charge in [0.25, 0.3) is 0 Å². The van der Waals surface area contributed by atoms with Crippen molar-refractivity contribution in [2.24, 2.45) is 5.73 Å². The predicted octanol–water partition coefficient (Wildman–Crippen LogP) is 1.70. The smallest absolute Gasteiger partial charge is 0.108 e. The van der Waals surface area contributed by atoms with E-state index in [-0.39, 0.29) is 0 Å². The highest BCUT2D eigenvalue weighted by molar-refractivity contribution is 5.18. The molecular weight excluding hydrogens is 176 g/mol. The van der Waals surface area contributed by atoms with Gasteiger partial charge in [0, 0.05) is 25.2 Å². The van der Waals surface area contributed by atoms with Crippen molar-refractivity contribution in [1.82, 2.24) is 4.98 Å². The molecule has 0 atom stereocenters. The lowest BCUT2D eigenvalue weighted by molar-refractivity contribution is 0.474. The standard InChI is InChI=1S/C11H14N2O/c12-5-3-10-1-2-11(14-10)7-9-4-6-13-8-9/h1-2,4,6,8,13H,3,5,7,12H2. The van der Waals surface area contributed by atoms with Crippen LogP contribution in [-0.4, -0.2) is 11.5 Å². The molecule has 3 N–H and O–H groups in total. The number of nitrogens with two attached hydrogens (primary N) is 1. The van der Waals surface area contributed by atoms with Crippen LogP contribution >= 0.6 is 0 Å². The van der Waals surface area contributed by atoms with Crippen molar-refractivity contribution in [3.05, 3.63) is 47.7 Å². The van der Waals surface area contributed by atoms with Crippen molar-refractivity contribution in [3.8, 4) is 0 Å². The summed E-state index contributed by atoms with van der Waals surface area (Å²) in [6, 6.07) is 6.05. The monoisotopic (exact) mass is 190 g/mol. The molecule has 0 aromatic carbocycles. The minimum atomic E-state index is 0.636. The quantitative estimate of drug-likeness (QED) is 0.771. The molecule has 0 saturated heterocycles. The summed E-state index contributed by atoms with van der Waals surface area (Å²) in [5.41, 5.74) is 6.68. The third-order valence-corrected chi connectivity index (χ3v) is 2.15. The topological polar surface area (TPSA) is 55.0 Å². The number of furan rings is 1. The molecule has 3 nitrogen and oxygen atoms in total. The average molecular weight is 190 g/mol. The van der Waals surface area contributed by atoms with Crippen molar-refractivity contribution < 1.29 is 4.42 Å². The van der Waals surface area contributed by atoms with Gasteiger partial charge in [-0.1, -0.05) is 0 Å². The Balaban J connectivity index is 2.03. The Labute approximate surface area is 82.9 Å². The van der Waals surface area contributed by atoms with Gasteiger partial charge in [-0.25, -0.2) is 0 Å². The molecule has 0 bridgehead atoms. The number of nitrogens with one attached hydrogen (secondary N) is 1. The molecule has 0 aliphatic rings. The molecule has 0 saturated carbocycles. The summed E-state index contributed by atoms with van der Waals surface area (Å²) < 4.78 is 5.60. The van der Waals surface area contributed by atoms with Crippen LogP contribution < -0.4 is 5.73 Å². The second-order valence-electron chi connectivity index (χ2n) is 3.30. The first-order valence-corrected chi connectivity index (χ1v) is 4.78. The van der Waals surface area contributed by atoms with E-state index in [0.29, 0.717) is 6.54 Å². The average Bonchev–Trinajstić information content (AvgIpc) is 2.79. The maximum Gasteiger partial charge on any atom is 0.108 e. The van der Waals surface area contributed by atoms with Crippen LogP contribution in [0.2, 0.25) is 0 Å². The maximum absolute atomic E-state index is 5.60. The first kappa shape index (κ1) is 9.09. The van der Waals surface area contributed by atoms with Crippen molar-refractivity contribution in [3.63, 3.8) is 0 Å². The van der Waals surface area contributed by atoms with E-state index >= 15 is 0 Å². The minimum absolute atomic E-state index is 0.636. The van der Waals surface area contributed by atoms with Crippen molar-refractivity contribution in [2.45, 2.75) is 12.8 Å². The fourth-order valence-electron chi connectivity index (χ4n) is 1.46. The van der Waals surface area contributed by atoms with Gasteiger partial charge in [-0.05, 0) is 30.3 Å². The molecule has 0 amide bonds. The molecule has 2 heterocycles. The normalized spacial score (nSPS) is 10.6. The van der Waals surface area contributed by atoms with E-state index in [4.69, 9.17) is 10.2 Å². The minimum Gasteiger partial charge on any atom is -0.466 e. The molecule has 74 valence electrons. The van der Waals surface area contributed by atoms with E-state index in [2.05, 4.69) is 4.98 Å². The van der Waals surface area contributed by atoms with Crippen LogP contribution in [0.25, 0.3) is 0 Å². The van der Waals surface area contributed by atoms with Gasteiger partial charge < -0.3 is 15.1 Å². The summed E-state index contributed by atoms with van der Waals surface area (Å²) >= 11 is 0. The summed E-state index contributed by atoms with van der Waals surface area (Å²) in [4.78, 5) is 3.02. The van der Waals surface area contributed by atoms with E-state index < -0.39 is 0 Å². The Morgan fingerprint density at radius 3 is 2.79 bits per heavy atom. The van der Waals surface area contributed by atoms with Crippen LogP contribution in [0, 0.1) is 0 Å². The maximum atomic E-state index is 5.60. The molecule has 0 aliphatic heterocycles. The Morgan fingerprint density at radius 1 is 1.21 bits per heavy atom. The fourth-order valence-corrected chi connectivity index (χ4v) is 1.46. The van der Waals surface area contributed by atoms with Gasteiger partial charge in [-0.15, -0.1) is 0 Å². The highest BCUT2D eigenvalue weighted by atomic mass is 16.3. The Hall–Kier alpha value is -1.48. The molecule has 0 fully saturated rings. The van der Waals surface area contributed by atoms with Crippen molar-refractivity contribution >= 4 is 0 Å². The predicted molar refractivity (Wildman–Crippen MR) is 55.1 cm³/mol. The number of rotatable bonds is 4. The Kier molecular flexibility index (Phi) is 2.70. The first-order valence-electron chi connectivity index (χ1n) is 4.78. The lowest BCUT2D eigenvalue weighted by Crippen LogP contribution is -2.01. The van der Waals surface area contributed by atoms with Gasteiger partial charge in [-0.3, -0.25) is 0 Å². The molecule has 0 spiro atoms. The number of hydrogen-bond donors (Lipinski definition) is 2. The largest absolute Gasteiger partial charge is 0.466 e. The third kappa shape index (κ3) is 2.06. The molecule has 0 radical (unpaired) electrons. The van der Waals surface area contributed by atoms with Gasteiger partial charge >= 0.3 is 0 Å². The van der Waals surface area contributed by atoms with E-state index in [1.54, 1.807) is 0 Å². The molecule has 3 heteroatoms. The zero-order chi connectivity index (χ0) is 9.80. The second kappa shape index (κ2) is 4.15. The molecule has 0 aliphatic carbocycles. The zero-order valence-electron chi connectivity index (χ0n) is 7.99. The molecule has 2 rings (SSSR count). The van der Waals surface area contributed by atoms with Gasteiger partial charge in [0.2, 0.25) is 0 Å². The molecule has 14 heavy (non-hydrogen) atoms. The van der Waals surface area contributed by atoms with E-state index in [1.807, 2.05) is 30.6 Å². The van der Waals surface area contributed by atoms with Crippen LogP contribution in [0.4, 0.5) is 0 Å². The number of hydrogen-bond acceptors (Lipinski definition) is 2. The van der Waals surface area contributed by atoms with Crippen LogP contribution in [-0.2, 0) is 12.8 Å². The molecule has 2 aromatic heterocycles. The first-order chi connectivity index (χ1) is 6.88. The fraction of sp³-hybridized carbons (Fsp3) is 0.273. The number of aromatic nitrogens is 1. The highest BCUT2D eigenvalue weighted by Crippen LogP contribution is 2.12. The van der Waals surface area contributed by atoms with Gasteiger partial charge in [0.05, 0.1) is 0 Å². The summed E-state index contributed by atoms with van der Waals surface area (Å²) in [5, 5.41) is 0. The third-order valence-electron chi connectivity index (χ3n) is 2.15. The molecular formula is C11H14N2O. The summed E-state index contributed by atoms with van der Waals surface area (Å²) in [7, 11) is 0. The van der Waals surface area contributed by atoms with Gasteiger partial charge in [0.15, 0.2) is 0 Å². The van der Waals surface area contributed by atoms with Crippen LogP contribution in [0.15, 0.2) is 35.0 Å². The van der Waals surface area contributed by atoms with Crippen molar-refractivity contribution in [2.75, 3.05) is 6.54 Å². The summed E-state index contributed by atoms with van der Waals surface area (Å²) in [5.74, 6) is 1.96. The Morgan fingerprint density at radius 2 is 2.07 bits per heavy atom. The summed E-state index contributed by atoms with van der Waals surface area (Å²) in [6.45, 7) is 0.636. The summed E-state index contributed by atoms with van der Waals surface area (Å²) in [6.07, 6.45) is 5.55. The van der Waals surface area contributed by atoms with E-state index in [9.17, 15) is 0 Å². The lowest BCUT2D eigenvalue weighted by Gasteiger charge is -1.94. The Bertz CT molecular complexity index is 376. The van der Waals surface area contributed by atoms with Crippen LogP contribution in [0.3, 0.4) is 0 Å². The van der Waals surface area contributed by atoms with Crippen LogP contribution in [0.5, 0.6) is 0 Å².